The topological polar surface area (TPSA) is 55.3 Å². The maximum atomic E-state index is 9.99. The second-order valence-electron chi connectivity index (χ2n) is 8.25. The van der Waals surface area contributed by atoms with Crippen LogP contribution in [0.3, 0.4) is 0 Å². The minimum absolute atomic E-state index is 0.0735. The van der Waals surface area contributed by atoms with E-state index in [1.165, 1.54) is 5.56 Å². The summed E-state index contributed by atoms with van der Waals surface area (Å²) in [6.07, 6.45) is 4.19. The van der Waals surface area contributed by atoms with E-state index in [0.717, 1.165) is 56.7 Å². The van der Waals surface area contributed by atoms with Crippen LogP contribution in [0.5, 0.6) is 11.5 Å². The van der Waals surface area contributed by atoms with Crippen LogP contribution in [0.25, 0.3) is 0 Å². The maximum Gasteiger partial charge on any atom is 0.124 e. The number of rotatable bonds is 8. The molecule has 0 bridgehead atoms. The van der Waals surface area contributed by atoms with Crippen LogP contribution in [0.15, 0.2) is 48.5 Å². The molecule has 1 saturated heterocycles. The van der Waals surface area contributed by atoms with Gasteiger partial charge in [0.25, 0.3) is 0 Å². The first-order valence-electron chi connectivity index (χ1n) is 10.4. The summed E-state index contributed by atoms with van der Waals surface area (Å²) in [4.78, 5) is 0. The second-order valence-corrected chi connectivity index (χ2v) is 8.25. The molecule has 28 heavy (non-hydrogen) atoms. The molecule has 1 aliphatic heterocycles. The van der Waals surface area contributed by atoms with Crippen LogP contribution < -0.4 is 10.1 Å². The lowest BCUT2D eigenvalue weighted by Crippen LogP contribution is -2.83. The first kappa shape index (κ1) is 20.7. The fourth-order valence-corrected chi connectivity index (χ4v) is 4.44. The largest absolute Gasteiger partial charge is 0.507 e. The van der Waals surface area contributed by atoms with Gasteiger partial charge in [-0.3, -0.25) is 0 Å². The Morgan fingerprint density at radius 3 is 2.57 bits per heavy atom. The van der Waals surface area contributed by atoms with Gasteiger partial charge in [0, 0.05) is 24.0 Å². The Kier molecular flexibility index (Phi) is 6.63. The van der Waals surface area contributed by atoms with Gasteiger partial charge in [-0.1, -0.05) is 31.2 Å². The molecule has 0 saturated carbocycles. The number of para-hydroxylation sites is 1. The molecule has 0 amide bonds. The first-order valence-corrected chi connectivity index (χ1v) is 10.4. The van der Waals surface area contributed by atoms with Crippen molar-refractivity contribution >= 4 is 0 Å². The van der Waals surface area contributed by atoms with Gasteiger partial charge in [-0.2, -0.15) is 0 Å². The summed E-state index contributed by atoms with van der Waals surface area (Å²) < 4.78 is 11.5. The molecule has 4 heteroatoms. The van der Waals surface area contributed by atoms with Gasteiger partial charge >= 0.3 is 0 Å². The van der Waals surface area contributed by atoms with E-state index in [9.17, 15) is 5.11 Å². The molecule has 1 heterocycles. The highest BCUT2D eigenvalue weighted by molar-refractivity contribution is 5.33. The summed E-state index contributed by atoms with van der Waals surface area (Å²) in [6, 6.07) is 16.2. The van der Waals surface area contributed by atoms with Crippen LogP contribution in [0.4, 0.5) is 0 Å². The summed E-state index contributed by atoms with van der Waals surface area (Å²) in [5.74, 6) is 1.28. The zero-order valence-corrected chi connectivity index (χ0v) is 17.4. The molecule has 1 aliphatic rings. The molecule has 0 unspecified atom stereocenters. The number of nitrogens with two attached hydrogens (primary N) is 1. The van der Waals surface area contributed by atoms with E-state index in [4.69, 9.17) is 9.47 Å². The molecule has 1 fully saturated rings. The zero-order valence-electron chi connectivity index (χ0n) is 17.4. The number of methoxy groups -OCH3 is 1. The van der Waals surface area contributed by atoms with Gasteiger partial charge in [0.15, 0.2) is 0 Å². The Hall–Kier alpha value is -2.04. The standard InChI is InChI=1S/C24H33NO3/c1-4-23(2)18-24(14-16-28-23,20-9-11-21(27-3)12-10-20)13-15-25-17-19-7-5-6-8-22(19)26/h5-12,25-26H,4,13-18H2,1-3H3/p+1/t23-,24+/m0/s1. The molecule has 3 N–H and O–H groups in total. The molecule has 2 atom stereocenters. The maximum absolute atomic E-state index is 9.99. The van der Waals surface area contributed by atoms with E-state index in [0.29, 0.717) is 5.75 Å². The highest BCUT2D eigenvalue weighted by atomic mass is 16.5. The van der Waals surface area contributed by atoms with Gasteiger partial charge in [0.2, 0.25) is 0 Å². The second kappa shape index (κ2) is 8.97. The average molecular weight is 385 g/mol. The number of quaternary nitrogens is 1. The third kappa shape index (κ3) is 4.68. The Morgan fingerprint density at radius 2 is 1.89 bits per heavy atom. The molecule has 0 radical (unpaired) electrons. The zero-order chi connectivity index (χ0) is 20.0. The fourth-order valence-electron chi connectivity index (χ4n) is 4.44. The molecule has 0 spiro atoms. The molecule has 152 valence electrons. The summed E-state index contributed by atoms with van der Waals surface area (Å²) in [7, 11) is 1.71. The van der Waals surface area contributed by atoms with Crippen LogP contribution in [0, 0.1) is 0 Å². The van der Waals surface area contributed by atoms with E-state index < -0.39 is 0 Å². The lowest BCUT2D eigenvalue weighted by Gasteiger charge is -2.46. The van der Waals surface area contributed by atoms with Crippen molar-refractivity contribution in [3.8, 4) is 11.5 Å². The molecule has 4 nitrogen and oxygen atoms in total. The normalized spacial score (nSPS) is 24.8. The van der Waals surface area contributed by atoms with Crippen molar-refractivity contribution in [2.45, 2.75) is 57.1 Å². The summed E-state index contributed by atoms with van der Waals surface area (Å²) in [6.45, 7) is 7.08. The third-order valence-electron chi connectivity index (χ3n) is 6.38. The number of benzene rings is 2. The minimum atomic E-state index is -0.0735. The van der Waals surface area contributed by atoms with Gasteiger partial charge in [0.05, 0.1) is 19.3 Å². The summed E-state index contributed by atoms with van der Waals surface area (Å²) in [5, 5.41) is 12.3. The van der Waals surface area contributed by atoms with Crippen molar-refractivity contribution in [2.24, 2.45) is 0 Å². The SMILES string of the molecule is CC[C@@]1(C)C[C@](CC[NH2+]Cc2ccccc2O)(c2ccc(OC)cc2)CCO1. The van der Waals surface area contributed by atoms with Crippen molar-refractivity contribution in [3.05, 3.63) is 59.7 Å². The predicted octanol–water partition coefficient (Wildman–Crippen LogP) is 3.77. The Labute approximate surface area is 168 Å². The number of phenols is 1. The number of hydrogen-bond donors (Lipinski definition) is 2. The van der Waals surface area contributed by atoms with Gasteiger partial charge in [-0.05, 0) is 56.0 Å². The van der Waals surface area contributed by atoms with Crippen molar-refractivity contribution in [1.82, 2.24) is 0 Å². The van der Waals surface area contributed by atoms with Crippen molar-refractivity contribution in [1.29, 1.82) is 0 Å². The van der Waals surface area contributed by atoms with Crippen LogP contribution in [-0.2, 0) is 16.7 Å². The van der Waals surface area contributed by atoms with E-state index in [1.807, 2.05) is 18.2 Å². The Morgan fingerprint density at radius 1 is 1.14 bits per heavy atom. The first-order chi connectivity index (χ1) is 13.5. The fraction of sp³-hybridized carbons (Fsp3) is 0.500. The number of phenolic OH excluding ortho intramolecular Hbond substituents is 1. The quantitative estimate of drug-likeness (QED) is 0.681. The van der Waals surface area contributed by atoms with Crippen LogP contribution in [0.2, 0.25) is 0 Å². The minimum Gasteiger partial charge on any atom is -0.507 e. The van der Waals surface area contributed by atoms with Gasteiger partial charge in [-0.15, -0.1) is 0 Å². The Bertz CT molecular complexity index is 761. The summed E-state index contributed by atoms with van der Waals surface area (Å²) in [5.41, 5.74) is 2.42. The predicted molar refractivity (Wildman–Crippen MR) is 112 cm³/mol. The third-order valence-corrected chi connectivity index (χ3v) is 6.38. The van der Waals surface area contributed by atoms with Gasteiger partial charge < -0.3 is 19.9 Å². The number of aromatic hydroxyl groups is 1. The van der Waals surface area contributed by atoms with Crippen molar-refractivity contribution < 1.29 is 19.9 Å². The number of hydrogen-bond acceptors (Lipinski definition) is 3. The molecule has 0 aliphatic carbocycles. The molecule has 2 aromatic rings. The van der Waals surface area contributed by atoms with Gasteiger partial charge in [-0.25, -0.2) is 0 Å². The Balaban J connectivity index is 1.73. The number of ether oxygens (including phenoxy) is 2. The summed E-state index contributed by atoms with van der Waals surface area (Å²) >= 11 is 0. The van der Waals surface area contributed by atoms with E-state index in [2.05, 4.69) is 43.4 Å². The molecular weight excluding hydrogens is 350 g/mol. The van der Waals surface area contributed by atoms with E-state index in [1.54, 1.807) is 13.2 Å². The van der Waals surface area contributed by atoms with E-state index >= 15 is 0 Å². The van der Waals surface area contributed by atoms with Crippen LogP contribution >= 0.6 is 0 Å². The highest BCUT2D eigenvalue weighted by Gasteiger charge is 2.43. The lowest BCUT2D eigenvalue weighted by atomic mass is 9.66. The van der Waals surface area contributed by atoms with E-state index in [-0.39, 0.29) is 11.0 Å². The molecular formula is C24H34NO3+. The molecule has 3 rings (SSSR count). The average Bonchev–Trinajstić information content (AvgIpc) is 2.72. The molecule has 2 aromatic carbocycles. The van der Waals surface area contributed by atoms with Crippen molar-refractivity contribution in [2.75, 3.05) is 20.3 Å². The monoisotopic (exact) mass is 384 g/mol. The highest BCUT2D eigenvalue weighted by Crippen LogP contribution is 2.45. The molecule has 0 aromatic heterocycles. The van der Waals surface area contributed by atoms with Crippen LogP contribution in [-0.4, -0.2) is 31.0 Å². The van der Waals surface area contributed by atoms with Crippen molar-refractivity contribution in [3.63, 3.8) is 0 Å². The smallest absolute Gasteiger partial charge is 0.124 e. The lowest BCUT2D eigenvalue weighted by molar-refractivity contribution is -0.672. The van der Waals surface area contributed by atoms with Gasteiger partial charge in [0.1, 0.15) is 18.0 Å². The van der Waals surface area contributed by atoms with Crippen LogP contribution in [0.1, 0.15) is 50.7 Å².